The summed E-state index contributed by atoms with van der Waals surface area (Å²) in [5, 5.41) is 14.9. The summed E-state index contributed by atoms with van der Waals surface area (Å²) >= 11 is 0.540. The number of alkyl halides is 6. The number of carboxylic acids is 1. The van der Waals surface area contributed by atoms with Crippen LogP contribution in [0.1, 0.15) is 61.6 Å². The maximum absolute atomic E-state index is 14.3. The minimum absolute atomic E-state index is 0.0176. The van der Waals surface area contributed by atoms with Crippen LogP contribution in [0.5, 0.6) is 0 Å². The van der Waals surface area contributed by atoms with Crippen molar-refractivity contribution >= 4 is 41.3 Å². The van der Waals surface area contributed by atoms with E-state index in [1.54, 1.807) is 23.1 Å². The summed E-state index contributed by atoms with van der Waals surface area (Å²) in [6, 6.07) is 8.11. The zero-order valence-corrected chi connectivity index (χ0v) is 25.0. The van der Waals surface area contributed by atoms with E-state index in [2.05, 4.69) is 10.6 Å². The Kier molecular flexibility index (Phi) is 11.1. The normalized spacial score (nSPS) is 19.2. The van der Waals surface area contributed by atoms with Crippen LogP contribution in [0.2, 0.25) is 0 Å². The van der Waals surface area contributed by atoms with Crippen molar-refractivity contribution in [2.24, 2.45) is 5.92 Å². The molecule has 2 aromatic carbocycles. The molecule has 0 spiro atoms. The van der Waals surface area contributed by atoms with E-state index in [0.717, 1.165) is 30.7 Å². The summed E-state index contributed by atoms with van der Waals surface area (Å²) < 4.78 is 85.3. The molecule has 1 saturated carbocycles. The fourth-order valence-corrected chi connectivity index (χ4v) is 6.60. The number of nitrogens with zero attached hydrogens (tertiary/aromatic N) is 1. The van der Waals surface area contributed by atoms with Gasteiger partial charge in [-0.25, -0.2) is 0 Å². The summed E-state index contributed by atoms with van der Waals surface area (Å²) in [5.74, 6) is -2.02. The number of likely N-dealkylation sites (tertiary alicyclic amines) is 1. The molecule has 4 rings (SSSR count). The Bertz CT molecular complexity index is 1420. The second-order valence-electron chi connectivity index (χ2n) is 11.0. The third-order valence-corrected chi connectivity index (χ3v) is 8.81. The molecular formula is C31H33F6N3O4S. The highest BCUT2D eigenvalue weighted by Gasteiger charge is 2.46. The quantitative estimate of drug-likeness (QED) is 0.136. The van der Waals surface area contributed by atoms with E-state index in [0.29, 0.717) is 69.1 Å². The smallest absolute Gasteiger partial charge is 0.418 e. The number of hydrogen-bond donors (Lipinski definition) is 3. The first-order valence-electron chi connectivity index (χ1n) is 14.5. The molecule has 0 aromatic heterocycles. The topological polar surface area (TPSA) is 98.7 Å². The molecule has 45 heavy (non-hydrogen) atoms. The Balaban J connectivity index is 1.49. The molecule has 1 aliphatic heterocycles. The van der Waals surface area contributed by atoms with Crippen molar-refractivity contribution in [2.75, 3.05) is 25.0 Å². The van der Waals surface area contributed by atoms with Gasteiger partial charge in [0.2, 0.25) is 11.8 Å². The average molecular weight is 658 g/mol. The van der Waals surface area contributed by atoms with Crippen LogP contribution >= 0.6 is 11.8 Å². The number of nitrogens with one attached hydrogen (secondary N) is 2. The number of anilines is 1. The van der Waals surface area contributed by atoms with E-state index in [-0.39, 0.29) is 23.4 Å². The van der Waals surface area contributed by atoms with Crippen molar-refractivity contribution in [1.29, 1.82) is 0 Å². The predicted octanol–water partition coefficient (Wildman–Crippen LogP) is 7.07. The van der Waals surface area contributed by atoms with Gasteiger partial charge in [-0.05, 0) is 74.4 Å². The third kappa shape index (κ3) is 9.41. The zero-order valence-electron chi connectivity index (χ0n) is 24.1. The van der Waals surface area contributed by atoms with Gasteiger partial charge in [0.15, 0.2) is 0 Å². The van der Waals surface area contributed by atoms with E-state index in [1.165, 1.54) is 6.07 Å². The van der Waals surface area contributed by atoms with Gasteiger partial charge in [0.05, 0.1) is 17.0 Å². The van der Waals surface area contributed by atoms with Gasteiger partial charge in [0, 0.05) is 53.7 Å². The lowest BCUT2D eigenvalue weighted by atomic mass is 9.86. The number of carbonyl (C=O) groups excluding carboxylic acids is 2. The first-order valence-corrected chi connectivity index (χ1v) is 15.4. The second kappa shape index (κ2) is 14.6. The third-order valence-electron chi connectivity index (χ3n) is 7.77. The number of benzene rings is 2. The van der Waals surface area contributed by atoms with E-state index in [4.69, 9.17) is 0 Å². The molecular weight excluding hydrogens is 624 g/mol. The maximum atomic E-state index is 14.3. The van der Waals surface area contributed by atoms with Gasteiger partial charge in [-0.3, -0.25) is 14.4 Å². The molecule has 1 aliphatic carbocycles. The van der Waals surface area contributed by atoms with Gasteiger partial charge in [0.25, 0.3) is 0 Å². The van der Waals surface area contributed by atoms with Gasteiger partial charge in [-0.15, -0.1) is 0 Å². The number of rotatable bonds is 11. The van der Waals surface area contributed by atoms with Crippen LogP contribution in [0.3, 0.4) is 0 Å². The first kappa shape index (κ1) is 34.2. The molecule has 1 saturated heterocycles. The van der Waals surface area contributed by atoms with Crippen LogP contribution in [-0.4, -0.2) is 53.5 Å². The van der Waals surface area contributed by atoms with Gasteiger partial charge in [-0.2, -0.15) is 26.3 Å². The lowest BCUT2D eigenvalue weighted by Gasteiger charge is -2.27. The summed E-state index contributed by atoms with van der Waals surface area (Å²) in [7, 11) is 0. The van der Waals surface area contributed by atoms with Crippen molar-refractivity contribution in [2.45, 2.75) is 73.1 Å². The number of hydrogen-bond acceptors (Lipinski definition) is 5. The molecule has 7 nitrogen and oxygen atoms in total. The molecule has 2 amide bonds. The minimum Gasteiger partial charge on any atom is -0.481 e. The Morgan fingerprint density at radius 3 is 2.33 bits per heavy atom. The van der Waals surface area contributed by atoms with Crippen molar-refractivity contribution < 1.29 is 45.8 Å². The Hall–Kier alpha value is -3.68. The van der Waals surface area contributed by atoms with Crippen molar-refractivity contribution in [1.82, 2.24) is 10.2 Å². The van der Waals surface area contributed by atoms with E-state index in [1.807, 2.05) is 0 Å². The van der Waals surface area contributed by atoms with Gasteiger partial charge in [0.1, 0.15) is 0 Å². The fourth-order valence-electron chi connectivity index (χ4n) is 5.55. The van der Waals surface area contributed by atoms with Crippen LogP contribution in [0.15, 0.2) is 52.3 Å². The van der Waals surface area contributed by atoms with Crippen molar-refractivity contribution in [3.05, 3.63) is 59.2 Å². The summed E-state index contributed by atoms with van der Waals surface area (Å²) in [5.41, 5.74) is -3.98. The van der Waals surface area contributed by atoms with Crippen LogP contribution in [-0.2, 0) is 26.7 Å². The van der Waals surface area contributed by atoms with Crippen LogP contribution < -0.4 is 10.6 Å². The number of halogens is 6. The molecule has 2 aliphatic rings. The molecule has 14 heteroatoms. The first-order chi connectivity index (χ1) is 21.2. The lowest BCUT2D eigenvalue weighted by Crippen LogP contribution is -2.30. The largest absolute Gasteiger partial charge is 0.481 e. The highest BCUT2D eigenvalue weighted by atomic mass is 32.2. The standard InChI is InChI=1S/C31H33F6N3O4S/c32-30(33,34)27-19(10-14-25(41)38-15-3-17-40-16-2-6-26(40)42)9-13-24(28(27)31(35,36)37)45-23-5-1-4-22(18-23)39-21-11-7-20(8-12-21)29(43)44/h1,4-5,9-10,13-14,18,20-21,39H,2-3,6-8,11-12,15-17H2,(H,38,41)(H,43,44)/b14-10+/t20-,21+. The number of carboxylic acid groups (broad SMARTS) is 1. The summed E-state index contributed by atoms with van der Waals surface area (Å²) in [4.78, 5) is 36.4. The Morgan fingerprint density at radius 1 is 1.00 bits per heavy atom. The Morgan fingerprint density at radius 2 is 1.71 bits per heavy atom. The Labute approximate surface area is 260 Å². The highest BCUT2D eigenvalue weighted by Crippen LogP contribution is 2.48. The van der Waals surface area contributed by atoms with Crippen LogP contribution in [0, 0.1) is 5.92 Å². The van der Waals surface area contributed by atoms with Crippen LogP contribution in [0.4, 0.5) is 32.0 Å². The molecule has 0 radical (unpaired) electrons. The van der Waals surface area contributed by atoms with Gasteiger partial charge in [-0.1, -0.05) is 23.9 Å². The van der Waals surface area contributed by atoms with E-state index >= 15 is 0 Å². The van der Waals surface area contributed by atoms with E-state index in [9.17, 15) is 45.8 Å². The van der Waals surface area contributed by atoms with Gasteiger partial charge < -0.3 is 20.6 Å². The second-order valence-corrected chi connectivity index (χ2v) is 12.1. The molecule has 1 heterocycles. The molecule has 244 valence electrons. The monoisotopic (exact) mass is 657 g/mol. The lowest BCUT2D eigenvalue weighted by molar-refractivity contribution is -0.163. The van der Waals surface area contributed by atoms with Crippen molar-refractivity contribution in [3.8, 4) is 0 Å². The molecule has 0 bridgehead atoms. The fraction of sp³-hybridized carbons (Fsp3) is 0.452. The molecule has 2 aromatic rings. The summed E-state index contributed by atoms with van der Waals surface area (Å²) in [6.45, 7) is 1.18. The molecule has 2 fully saturated rings. The molecule has 3 N–H and O–H groups in total. The average Bonchev–Trinajstić information content (AvgIpc) is 3.38. The molecule has 0 atom stereocenters. The number of amides is 2. The zero-order chi connectivity index (χ0) is 32.8. The highest BCUT2D eigenvalue weighted by molar-refractivity contribution is 7.99. The van der Waals surface area contributed by atoms with Crippen LogP contribution in [0.25, 0.3) is 6.08 Å². The van der Waals surface area contributed by atoms with E-state index < -0.39 is 51.7 Å². The number of carbonyl (C=O) groups is 3. The molecule has 0 unspecified atom stereocenters. The predicted molar refractivity (Wildman–Crippen MR) is 156 cm³/mol. The SMILES string of the molecule is O=C(/C=C/c1ccc(Sc2cccc(N[C@H]3CC[C@@H](C(=O)O)CC3)c2)c(C(F)(F)F)c1C(F)(F)F)NCCCN1CCCC1=O. The van der Waals surface area contributed by atoms with Gasteiger partial charge >= 0.3 is 18.3 Å². The number of aliphatic carboxylic acids is 1. The maximum Gasteiger partial charge on any atom is 0.418 e. The van der Waals surface area contributed by atoms with Crippen molar-refractivity contribution in [3.63, 3.8) is 0 Å². The minimum atomic E-state index is -5.38. The summed E-state index contributed by atoms with van der Waals surface area (Å²) in [6.07, 6.45) is -5.45.